The zero-order valence-electron chi connectivity index (χ0n) is 11.4. The molecule has 0 radical (unpaired) electrons. The fraction of sp³-hybridized carbons (Fsp3) is 0.462. The molecule has 6 nitrogen and oxygen atoms in total. The molecule has 1 rings (SSSR count). The standard InChI is InChI=1S/C13H18N2O4/c1-4-15(8-6-12(16)18-2)10-5-7-14-11(9-10)13(17)19-3/h5,7,9H,4,6,8H2,1-3H3. The summed E-state index contributed by atoms with van der Waals surface area (Å²) < 4.78 is 9.23. The third kappa shape index (κ3) is 4.24. The van der Waals surface area contributed by atoms with Crippen LogP contribution >= 0.6 is 0 Å². The van der Waals surface area contributed by atoms with Gasteiger partial charge in [0.15, 0.2) is 0 Å². The van der Waals surface area contributed by atoms with Gasteiger partial charge in [-0.05, 0) is 19.1 Å². The number of nitrogens with zero attached hydrogens (tertiary/aromatic N) is 2. The van der Waals surface area contributed by atoms with Crippen molar-refractivity contribution in [3.05, 3.63) is 24.0 Å². The maximum atomic E-state index is 11.4. The predicted octanol–water partition coefficient (Wildman–Crippen LogP) is 1.26. The van der Waals surface area contributed by atoms with Gasteiger partial charge in [-0.1, -0.05) is 0 Å². The highest BCUT2D eigenvalue weighted by atomic mass is 16.5. The number of ether oxygens (including phenoxy) is 2. The van der Waals surface area contributed by atoms with E-state index in [1.807, 2.05) is 11.8 Å². The van der Waals surface area contributed by atoms with Crippen molar-refractivity contribution in [1.82, 2.24) is 4.98 Å². The molecule has 0 aliphatic carbocycles. The Balaban J connectivity index is 2.80. The van der Waals surface area contributed by atoms with Gasteiger partial charge in [-0.15, -0.1) is 0 Å². The minimum absolute atomic E-state index is 0.247. The normalized spacial score (nSPS) is 9.84. The second-order valence-electron chi connectivity index (χ2n) is 3.80. The Morgan fingerprint density at radius 2 is 2.05 bits per heavy atom. The van der Waals surface area contributed by atoms with Crippen LogP contribution in [0, 0.1) is 0 Å². The van der Waals surface area contributed by atoms with E-state index >= 15 is 0 Å². The number of carbonyl (C=O) groups is 2. The van der Waals surface area contributed by atoms with Crippen molar-refractivity contribution in [1.29, 1.82) is 0 Å². The summed E-state index contributed by atoms with van der Waals surface area (Å²) in [7, 11) is 2.67. The van der Waals surface area contributed by atoms with Crippen molar-refractivity contribution in [3.8, 4) is 0 Å². The van der Waals surface area contributed by atoms with Crippen LogP contribution in [0.4, 0.5) is 5.69 Å². The van der Waals surface area contributed by atoms with Gasteiger partial charge >= 0.3 is 11.9 Å². The summed E-state index contributed by atoms with van der Waals surface area (Å²) in [6.07, 6.45) is 1.84. The third-order valence-corrected chi connectivity index (χ3v) is 2.70. The van der Waals surface area contributed by atoms with Gasteiger partial charge in [0.25, 0.3) is 0 Å². The van der Waals surface area contributed by atoms with E-state index in [-0.39, 0.29) is 11.7 Å². The fourth-order valence-corrected chi connectivity index (χ4v) is 1.63. The van der Waals surface area contributed by atoms with Gasteiger partial charge in [-0.25, -0.2) is 9.78 Å². The molecule has 0 spiro atoms. The number of methoxy groups -OCH3 is 2. The number of esters is 2. The van der Waals surface area contributed by atoms with E-state index in [0.717, 1.165) is 5.69 Å². The molecule has 104 valence electrons. The molecule has 0 amide bonds. The van der Waals surface area contributed by atoms with Crippen LogP contribution in [0.3, 0.4) is 0 Å². The quantitative estimate of drug-likeness (QED) is 0.722. The van der Waals surface area contributed by atoms with Crippen molar-refractivity contribution in [3.63, 3.8) is 0 Å². The van der Waals surface area contributed by atoms with Crippen LogP contribution in [0.25, 0.3) is 0 Å². The summed E-state index contributed by atoms with van der Waals surface area (Å²) in [5.41, 5.74) is 1.07. The molecular weight excluding hydrogens is 248 g/mol. The molecule has 0 aromatic carbocycles. The number of carbonyl (C=O) groups excluding carboxylic acids is 2. The Morgan fingerprint density at radius 3 is 2.63 bits per heavy atom. The van der Waals surface area contributed by atoms with E-state index in [1.165, 1.54) is 14.2 Å². The molecule has 0 bridgehead atoms. The number of pyridine rings is 1. The SMILES string of the molecule is CCN(CCC(=O)OC)c1ccnc(C(=O)OC)c1. The number of hydrogen-bond acceptors (Lipinski definition) is 6. The maximum absolute atomic E-state index is 11.4. The minimum Gasteiger partial charge on any atom is -0.469 e. The molecule has 0 fully saturated rings. The summed E-state index contributed by atoms with van der Waals surface area (Å²) in [6, 6.07) is 3.43. The lowest BCUT2D eigenvalue weighted by Gasteiger charge is -2.22. The van der Waals surface area contributed by atoms with Crippen LogP contribution in [0.5, 0.6) is 0 Å². The molecule has 0 aliphatic rings. The monoisotopic (exact) mass is 266 g/mol. The smallest absolute Gasteiger partial charge is 0.356 e. The zero-order chi connectivity index (χ0) is 14.3. The number of aromatic nitrogens is 1. The molecule has 0 atom stereocenters. The van der Waals surface area contributed by atoms with Gasteiger partial charge in [0.05, 0.1) is 20.6 Å². The van der Waals surface area contributed by atoms with Gasteiger partial charge in [0, 0.05) is 25.0 Å². The van der Waals surface area contributed by atoms with Gasteiger partial charge in [0.2, 0.25) is 0 Å². The van der Waals surface area contributed by atoms with E-state index < -0.39 is 5.97 Å². The van der Waals surface area contributed by atoms with E-state index in [2.05, 4.69) is 14.5 Å². The molecular formula is C13H18N2O4. The predicted molar refractivity (Wildman–Crippen MR) is 70.1 cm³/mol. The largest absolute Gasteiger partial charge is 0.469 e. The number of rotatable bonds is 6. The highest BCUT2D eigenvalue weighted by Gasteiger charge is 2.12. The second-order valence-corrected chi connectivity index (χ2v) is 3.80. The molecule has 1 aromatic rings. The van der Waals surface area contributed by atoms with Crippen LogP contribution in [-0.2, 0) is 14.3 Å². The lowest BCUT2D eigenvalue weighted by atomic mass is 10.2. The summed E-state index contributed by atoms with van der Waals surface area (Å²) >= 11 is 0. The van der Waals surface area contributed by atoms with Crippen LogP contribution in [-0.4, -0.2) is 44.2 Å². The van der Waals surface area contributed by atoms with Crippen molar-refractivity contribution >= 4 is 17.6 Å². The summed E-state index contributed by atoms with van der Waals surface area (Å²) in [5, 5.41) is 0. The number of anilines is 1. The molecule has 0 saturated heterocycles. The van der Waals surface area contributed by atoms with Crippen LogP contribution in [0.1, 0.15) is 23.8 Å². The Hall–Kier alpha value is -2.11. The summed E-state index contributed by atoms with van der Waals surface area (Å²) in [5.74, 6) is -0.744. The topological polar surface area (TPSA) is 68.7 Å². The zero-order valence-corrected chi connectivity index (χ0v) is 11.4. The van der Waals surface area contributed by atoms with Crippen LogP contribution in [0.2, 0.25) is 0 Å². The first-order chi connectivity index (χ1) is 9.12. The van der Waals surface area contributed by atoms with Gasteiger partial charge in [0.1, 0.15) is 5.69 Å². The van der Waals surface area contributed by atoms with Crippen molar-refractivity contribution < 1.29 is 19.1 Å². The second kappa shape index (κ2) is 7.35. The lowest BCUT2D eigenvalue weighted by Crippen LogP contribution is -2.26. The first-order valence-corrected chi connectivity index (χ1v) is 5.98. The average Bonchev–Trinajstić information content (AvgIpc) is 2.47. The Bertz CT molecular complexity index is 448. The Morgan fingerprint density at radius 1 is 1.32 bits per heavy atom. The summed E-state index contributed by atoms with van der Waals surface area (Å²) in [4.78, 5) is 28.5. The first-order valence-electron chi connectivity index (χ1n) is 5.98. The number of hydrogen-bond donors (Lipinski definition) is 0. The van der Waals surface area contributed by atoms with Gasteiger partial charge in [-0.2, -0.15) is 0 Å². The fourth-order valence-electron chi connectivity index (χ4n) is 1.63. The lowest BCUT2D eigenvalue weighted by molar-refractivity contribution is -0.140. The Labute approximate surface area is 112 Å². The highest BCUT2D eigenvalue weighted by Crippen LogP contribution is 2.15. The molecule has 1 aromatic heterocycles. The van der Waals surface area contributed by atoms with E-state index in [1.54, 1.807) is 18.3 Å². The van der Waals surface area contributed by atoms with E-state index in [4.69, 9.17) is 0 Å². The van der Waals surface area contributed by atoms with Gasteiger partial charge < -0.3 is 14.4 Å². The molecule has 0 aliphatic heterocycles. The average molecular weight is 266 g/mol. The summed E-state index contributed by atoms with van der Waals surface area (Å²) in [6.45, 7) is 3.20. The Kier molecular flexibility index (Phi) is 5.78. The van der Waals surface area contributed by atoms with Gasteiger partial charge in [-0.3, -0.25) is 4.79 Å². The molecule has 19 heavy (non-hydrogen) atoms. The third-order valence-electron chi connectivity index (χ3n) is 2.70. The van der Waals surface area contributed by atoms with Crippen LogP contribution < -0.4 is 4.90 Å². The molecule has 0 N–H and O–H groups in total. The van der Waals surface area contributed by atoms with Crippen molar-refractivity contribution in [2.45, 2.75) is 13.3 Å². The van der Waals surface area contributed by atoms with E-state index in [0.29, 0.717) is 19.5 Å². The minimum atomic E-state index is -0.481. The maximum Gasteiger partial charge on any atom is 0.356 e. The first kappa shape index (κ1) is 14.9. The molecule has 6 heteroatoms. The molecule has 0 saturated carbocycles. The van der Waals surface area contributed by atoms with E-state index in [9.17, 15) is 9.59 Å². The van der Waals surface area contributed by atoms with Crippen LogP contribution in [0.15, 0.2) is 18.3 Å². The molecule has 1 heterocycles. The highest BCUT2D eigenvalue weighted by molar-refractivity contribution is 5.88. The van der Waals surface area contributed by atoms with Crippen molar-refractivity contribution in [2.75, 3.05) is 32.2 Å². The molecule has 0 unspecified atom stereocenters. The van der Waals surface area contributed by atoms with Crippen molar-refractivity contribution in [2.24, 2.45) is 0 Å².